The molecule has 0 bridgehead atoms. The van der Waals surface area contributed by atoms with Gasteiger partial charge in [0.25, 0.3) is 5.91 Å². The lowest BCUT2D eigenvalue weighted by atomic mass is 10.1. The number of sulfonamides is 1. The highest BCUT2D eigenvalue weighted by Gasteiger charge is 2.30. The molecule has 0 spiro atoms. The molecule has 10 heteroatoms. The second-order valence-electron chi connectivity index (χ2n) is 7.92. The zero-order valence-electron chi connectivity index (χ0n) is 18.3. The van der Waals surface area contributed by atoms with Crippen molar-refractivity contribution in [3.63, 3.8) is 0 Å². The lowest BCUT2D eigenvalue weighted by Gasteiger charge is -2.36. The van der Waals surface area contributed by atoms with Crippen LogP contribution >= 0.6 is 34.8 Å². The number of hydrogen-bond acceptors (Lipinski definition) is 4. The van der Waals surface area contributed by atoms with E-state index in [1.54, 1.807) is 54.6 Å². The highest BCUT2D eigenvalue weighted by molar-refractivity contribution is 7.89. The Labute approximate surface area is 214 Å². The molecule has 1 saturated heterocycles. The molecule has 3 aromatic carbocycles. The standard InChI is InChI=1S/C24H22Cl3N3O3S/c1-16-5-8-18(9-6-16)34(32,33)30-13-11-29(12-14-30)23-21(27)3-2-4-22(23)28-24(31)19-15-17(25)7-10-20(19)26/h2-10,15H,11-14H2,1H3,(H,28,31). The summed E-state index contributed by atoms with van der Waals surface area (Å²) in [6, 6.07) is 16.7. The Bertz CT molecular complexity index is 1320. The number of anilines is 2. The molecule has 4 rings (SSSR count). The fourth-order valence-corrected chi connectivity index (χ4v) is 5.90. The summed E-state index contributed by atoms with van der Waals surface area (Å²) >= 11 is 18.7. The Kier molecular flexibility index (Phi) is 7.40. The summed E-state index contributed by atoms with van der Waals surface area (Å²) in [5, 5.41) is 3.99. The number of nitrogens with zero attached hydrogens (tertiary/aromatic N) is 2. The molecular formula is C24H22Cl3N3O3S. The van der Waals surface area contributed by atoms with Gasteiger partial charge in [0.1, 0.15) is 0 Å². The van der Waals surface area contributed by atoms with Crippen LogP contribution in [0.25, 0.3) is 0 Å². The summed E-state index contributed by atoms with van der Waals surface area (Å²) in [4.78, 5) is 15.1. The number of nitrogens with one attached hydrogen (secondary N) is 1. The van der Waals surface area contributed by atoms with E-state index in [4.69, 9.17) is 34.8 Å². The Morgan fingerprint density at radius 1 is 0.882 bits per heavy atom. The zero-order chi connectivity index (χ0) is 24.5. The lowest BCUT2D eigenvalue weighted by Crippen LogP contribution is -2.49. The number of benzene rings is 3. The van der Waals surface area contributed by atoms with Gasteiger partial charge in [-0.25, -0.2) is 8.42 Å². The number of aryl methyl sites for hydroxylation is 1. The van der Waals surface area contributed by atoms with Gasteiger partial charge in [-0.1, -0.05) is 58.6 Å². The van der Waals surface area contributed by atoms with Crippen molar-refractivity contribution in [1.82, 2.24) is 4.31 Å². The van der Waals surface area contributed by atoms with Gasteiger partial charge < -0.3 is 10.2 Å². The number of para-hydroxylation sites is 1. The van der Waals surface area contributed by atoms with E-state index in [2.05, 4.69) is 5.32 Å². The quantitative estimate of drug-likeness (QED) is 0.451. The Hall–Kier alpha value is -2.29. The van der Waals surface area contributed by atoms with E-state index in [0.29, 0.717) is 34.5 Å². The van der Waals surface area contributed by atoms with E-state index >= 15 is 0 Å². The monoisotopic (exact) mass is 537 g/mol. The van der Waals surface area contributed by atoms with Crippen LogP contribution in [-0.4, -0.2) is 44.8 Å². The van der Waals surface area contributed by atoms with Crippen LogP contribution in [0.3, 0.4) is 0 Å². The normalized spacial score (nSPS) is 14.8. The first-order valence-electron chi connectivity index (χ1n) is 10.5. The number of rotatable bonds is 5. The van der Waals surface area contributed by atoms with Crippen LogP contribution in [0, 0.1) is 6.92 Å². The summed E-state index contributed by atoms with van der Waals surface area (Å²) in [5.74, 6) is -0.420. The first-order valence-corrected chi connectivity index (χ1v) is 13.1. The average molecular weight is 539 g/mol. The van der Waals surface area contributed by atoms with Crippen LogP contribution < -0.4 is 10.2 Å². The van der Waals surface area contributed by atoms with Crippen LogP contribution in [-0.2, 0) is 10.0 Å². The summed E-state index contributed by atoms with van der Waals surface area (Å²) in [6.45, 7) is 3.31. The molecule has 1 fully saturated rings. The molecule has 0 saturated carbocycles. The van der Waals surface area contributed by atoms with Crippen molar-refractivity contribution in [3.8, 4) is 0 Å². The van der Waals surface area contributed by atoms with Crippen molar-refractivity contribution in [2.24, 2.45) is 0 Å². The van der Waals surface area contributed by atoms with Crippen molar-refractivity contribution in [3.05, 3.63) is 86.9 Å². The van der Waals surface area contributed by atoms with Crippen LogP contribution in [0.1, 0.15) is 15.9 Å². The largest absolute Gasteiger partial charge is 0.366 e. The molecule has 34 heavy (non-hydrogen) atoms. The molecule has 178 valence electrons. The van der Waals surface area contributed by atoms with Crippen LogP contribution in [0.2, 0.25) is 15.1 Å². The highest BCUT2D eigenvalue weighted by Crippen LogP contribution is 2.36. The van der Waals surface area contributed by atoms with Crippen LogP contribution in [0.5, 0.6) is 0 Å². The predicted molar refractivity (Wildman–Crippen MR) is 138 cm³/mol. The van der Waals surface area contributed by atoms with Gasteiger partial charge in [0.05, 0.1) is 31.9 Å². The number of piperazine rings is 1. The molecular weight excluding hydrogens is 517 g/mol. The van der Waals surface area contributed by atoms with E-state index < -0.39 is 15.9 Å². The maximum Gasteiger partial charge on any atom is 0.257 e. The zero-order valence-corrected chi connectivity index (χ0v) is 21.3. The number of amides is 1. The second kappa shape index (κ2) is 10.1. The first-order chi connectivity index (χ1) is 16.2. The van der Waals surface area contributed by atoms with E-state index in [1.165, 1.54) is 10.4 Å². The summed E-state index contributed by atoms with van der Waals surface area (Å²) in [5.41, 5.74) is 2.37. The van der Waals surface area contributed by atoms with Gasteiger partial charge in [0.15, 0.2) is 0 Å². The average Bonchev–Trinajstić information content (AvgIpc) is 2.81. The maximum absolute atomic E-state index is 13.0. The molecule has 6 nitrogen and oxygen atoms in total. The fraction of sp³-hybridized carbons (Fsp3) is 0.208. The van der Waals surface area contributed by atoms with Crippen molar-refractivity contribution in [2.45, 2.75) is 11.8 Å². The summed E-state index contributed by atoms with van der Waals surface area (Å²) in [7, 11) is -3.59. The molecule has 0 unspecified atom stereocenters. The minimum Gasteiger partial charge on any atom is -0.366 e. The summed E-state index contributed by atoms with van der Waals surface area (Å²) in [6.07, 6.45) is 0. The molecule has 1 amide bonds. The molecule has 1 heterocycles. The van der Waals surface area contributed by atoms with E-state index in [9.17, 15) is 13.2 Å². The molecule has 0 aromatic heterocycles. The van der Waals surface area contributed by atoms with Gasteiger partial charge in [-0.05, 0) is 49.4 Å². The Balaban J connectivity index is 1.53. The van der Waals surface area contributed by atoms with Gasteiger partial charge in [-0.3, -0.25) is 4.79 Å². The van der Waals surface area contributed by atoms with Gasteiger partial charge in [0.2, 0.25) is 10.0 Å². The lowest BCUT2D eigenvalue weighted by molar-refractivity contribution is 0.102. The van der Waals surface area contributed by atoms with Crippen molar-refractivity contribution in [1.29, 1.82) is 0 Å². The number of carbonyl (C=O) groups excluding carboxylic acids is 1. The van der Waals surface area contributed by atoms with Crippen molar-refractivity contribution < 1.29 is 13.2 Å². The van der Waals surface area contributed by atoms with Gasteiger partial charge >= 0.3 is 0 Å². The predicted octanol–water partition coefficient (Wildman–Crippen LogP) is 5.72. The fourth-order valence-electron chi connectivity index (χ4n) is 3.81. The number of halogens is 3. The first kappa shape index (κ1) is 24.8. The number of hydrogen-bond donors (Lipinski definition) is 1. The topological polar surface area (TPSA) is 69.7 Å². The van der Waals surface area contributed by atoms with E-state index in [1.807, 2.05) is 11.8 Å². The van der Waals surface area contributed by atoms with Gasteiger partial charge in [-0.15, -0.1) is 0 Å². The minimum atomic E-state index is -3.59. The molecule has 1 N–H and O–H groups in total. The SMILES string of the molecule is Cc1ccc(S(=O)(=O)N2CCN(c3c(Cl)cccc3NC(=O)c3cc(Cl)ccc3Cl)CC2)cc1. The van der Waals surface area contributed by atoms with E-state index in [-0.39, 0.29) is 28.6 Å². The molecule has 1 aliphatic rings. The Morgan fingerprint density at radius 3 is 2.24 bits per heavy atom. The van der Waals surface area contributed by atoms with E-state index in [0.717, 1.165) is 5.56 Å². The molecule has 1 aliphatic heterocycles. The second-order valence-corrected chi connectivity index (χ2v) is 11.1. The van der Waals surface area contributed by atoms with Gasteiger partial charge in [-0.2, -0.15) is 4.31 Å². The maximum atomic E-state index is 13.0. The molecule has 0 radical (unpaired) electrons. The third-order valence-electron chi connectivity index (χ3n) is 5.62. The van der Waals surface area contributed by atoms with Crippen LogP contribution in [0.4, 0.5) is 11.4 Å². The minimum absolute atomic E-state index is 0.245. The van der Waals surface area contributed by atoms with Gasteiger partial charge in [0, 0.05) is 31.2 Å². The van der Waals surface area contributed by atoms with Crippen LogP contribution in [0.15, 0.2) is 65.6 Å². The Morgan fingerprint density at radius 2 is 1.56 bits per heavy atom. The molecule has 0 atom stereocenters. The molecule has 3 aromatic rings. The highest BCUT2D eigenvalue weighted by atomic mass is 35.5. The van der Waals surface area contributed by atoms with Crippen molar-refractivity contribution >= 4 is 62.1 Å². The molecule has 0 aliphatic carbocycles. The number of carbonyl (C=O) groups is 1. The van der Waals surface area contributed by atoms with Crippen molar-refractivity contribution in [2.75, 3.05) is 36.4 Å². The summed E-state index contributed by atoms with van der Waals surface area (Å²) < 4.78 is 27.5. The third-order valence-corrected chi connectivity index (χ3v) is 8.40. The smallest absolute Gasteiger partial charge is 0.257 e. The third kappa shape index (κ3) is 5.19.